The van der Waals surface area contributed by atoms with Gasteiger partial charge in [0, 0.05) is 19.5 Å². The number of hydrogen-bond acceptors (Lipinski definition) is 6. The second kappa shape index (κ2) is 14.8. The number of rotatable bonds is 7. The summed E-state index contributed by atoms with van der Waals surface area (Å²) in [6, 6.07) is 7.68. The fourth-order valence-corrected chi connectivity index (χ4v) is 3.47. The topological polar surface area (TPSA) is 135 Å². The summed E-state index contributed by atoms with van der Waals surface area (Å²) in [6.45, 7) is 6.16. The fourth-order valence-electron chi connectivity index (χ4n) is 3.47. The number of nitrogens with one attached hydrogen (secondary N) is 4. The highest BCUT2D eigenvalue weighted by Crippen LogP contribution is 2.08. The molecule has 0 spiro atoms. The van der Waals surface area contributed by atoms with Crippen molar-refractivity contribution in [3.63, 3.8) is 0 Å². The smallest absolute Gasteiger partial charge is 0.408 e. The van der Waals surface area contributed by atoms with E-state index in [-0.39, 0.29) is 12.5 Å². The SMILES string of the molecule is CC(C)(C)OC(=O)NCCCC[C@@H]1NC(=O)OC/C=C/CCNC(=O)[C@@H](Cc2ccccc2)NC1=O. The molecular weight excluding hydrogens is 464 g/mol. The molecule has 1 aromatic rings. The standard InChI is InChI=1S/C26H38N4O6/c1-26(2,3)36-24(33)28-16-10-8-14-20-23(32)29-21(18-19-12-6-4-7-13-19)22(31)27-15-9-5-11-17-35-25(34)30-20/h4-7,11-13,20-21H,8-10,14-18H2,1-3H3,(H,27,31)(H,28,33)(H,29,32)(H,30,34)/b11-5+/t20-,21+/m0/s1. The Kier molecular flexibility index (Phi) is 11.7. The van der Waals surface area contributed by atoms with Gasteiger partial charge in [0.25, 0.3) is 0 Å². The average molecular weight is 503 g/mol. The van der Waals surface area contributed by atoms with Crippen LogP contribution in [0.3, 0.4) is 0 Å². The van der Waals surface area contributed by atoms with Gasteiger partial charge in [-0.15, -0.1) is 0 Å². The molecule has 0 saturated carbocycles. The first-order valence-electron chi connectivity index (χ1n) is 12.3. The molecule has 1 aliphatic rings. The number of cyclic esters (lactones) is 1. The lowest BCUT2D eigenvalue weighted by Gasteiger charge is -2.23. The fraction of sp³-hybridized carbons (Fsp3) is 0.538. The zero-order chi connectivity index (χ0) is 26.4. The third-order valence-corrected chi connectivity index (χ3v) is 5.20. The molecule has 0 unspecified atom stereocenters. The van der Waals surface area contributed by atoms with E-state index in [9.17, 15) is 19.2 Å². The van der Waals surface area contributed by atoms with Gasteiger partial charge in [-0.2, -0.15) is 0 Å². The Morgan fingerprint density at radius 1 is 1.03 bits per heavy atom. The number of benzene rings is 1. The Morgan fingerprint density at radius 3 is 2.50 bits per heavy atom. The Bertz CT molecular complexity index is 897. The first-order valence-corrected chi connectivity index (χ1v) is 12.3. The molecule has 4 amide bonds. The van der Waals surface area contributed by atoms with Crippen LogP contribution in [0.25, 0.3) is 0 Å². The summed E-state index contributed by atoms with van der Waals surface area (Å²) >= 11 is 0. The number of carbonyl (C=O) groups excluding carboxylic acids is 4. The first kappa shape index (κ1) is 28.7. The zero-order valence-corrected chi connectivity index (χ0v) is 21.3. The minimum atomic E-state index is -0.906. The molecule has 198 valence electrons. The van der Waals surface area contributed by atoms with Gasteiger partial charge >= 0.3 is 12.2 Å². The average Bonchev–Trinajstić information content (AvgIpc) is 2.80. The van der Waals surface area contributed by atoms with E-state index >= 15 is 0 Å². The van der Waals surface area contributed by atoms with Crippen LogP contribution in [-0.2, 0) is 25.5 Å². The quantitative estimate of drug-likeness (QED) is 0.334. The van der Waals surface area contributed by atoms with Gasteiger partial charge in [0.1, 0.15) is 24.3 Å². The zero-order valence-electron chi connectivity index (χ0n) is 21.3. The van der Waals surface area contributed by atoms with Crippen molar-refractivity contribution in [1.82, 2.24) is 21.3 Å². The van der Waals surface area contributed by atoms with Crippen molar-refractivity contribution >= 4 is 24.0 Å². The monoisotopic (exact) mass is 502 g/mol. The number of ether oxygens (including phenoxy) is 2. The highest BCUT2D eigenvalue weighted by Gasteiger charge is 2.27. The van der Waals surface area contributed by atoms with Crippen molar-refractivity contribution < 1.29 is 28.7 Å². The van der Waals surface area contributed by atoms with E-state index in [0.29, 0.717) is 45.2 Å². The minimum absolute atomic E-state index is 0.0601. The molecule has 1 aliphatic heterocycles. The Balaban J connectivity index is 2.02. The predicted molar refractivity (Wildman–Crippen MR) is 135 cm³/mol. The van der Waals surface area contributed by atoms with E-state index in [0.717, 1.165) is 5.56 Å². The molecule has 0 aromatic heterocycles. The van der Waals surface area contributed by atoms with Gasteiger partial charge in [0.15, 0.2) is 0 Å². The summed E-state index contributed by atoms with van der Waals surface area (Å²) in [7, 11) is 0. The normalized spacial score (nSPS) is 20.6. The maximum Gasteiger partial charge on any atom is 0.408 e. The summed E-state index contributed by atoms with van der Waals surface area (Å²) in [5.74, 6) is -0.767. The van der Waals surface area contributed by atoms with Crippen LogP contribution < -0.4 is 21.3 Å². The molecule has 0 fully saturated rings. The molecule has 10 heteroatoms. The third kappa shape index (κ3) is 11.7. The lowest BCUT2D eigenvalue weighted by molar-refractivity contribution is -0.130. The van der Waals surface area contributed by atoms with E-state index in [4.69, 9.17) is 9.47 Å². The highest BCUT2D eigenvalue weighted by molar-refractivity contribution is 5.91. The molecule has 36 heavy (non-hydrogen) atoms. The van der Waals surface area contributed by atoms with Crippen LogP contribution in [0, 0.1) is 0 Å². The van der Waals surface area contributed by atoms with E-state index in [1.54, 1.807) is 26.8 Å². The maximum atomic E-state index is 13.1. The maximum absolute atomic E-state index is 13.1. The molecule has 2 atom stereocenters. The van der Waals surface area contributed by atoms with Crippen LogP contribution in [0.5, 0.6) is 0 Å². The minimum Gasteiger partial charge on any atom is -0.445 e. The summed E-state index contributed by atoms with van der Waals surface area (Å²) in [5, 5.41) is 10.9. The Morgan fingerprint density at radius 2 is 1.78 bits per heavy atom. The van der Waals surface area contributed by atoms with Crippen LogP contribution in [0.1, 0.15) is 52.0 Å². The van der Waals surface area contributed by atoms with Crippen LogP contribution in [0.4, 0.5) is 9.59 Å². The molecular formula is C26H38N4O6. The van der Waals surface area contributed by atoms with Crippen molar-refractivity contribution in [3.8, 4) is 0 Å². The van der Waals surface area contributed by atoms with E-state index in [1.165, 1.54) is 0 Å². The van der Waals surface area contributed by atoms with Gasteiger partial charge in [0.2, 0.25) is 11.8 Å². The number of alkyl carbamates (subject to hydrolysis) is 2. The lowest BCUT2D eigenvalue weighted by atomic mass is 10.0. The highest BCUT2D eigenvalue weighted by atomic mass is 16.6. The van der Waals surface area contributed by atoms with Gasteiger partial charge in [-0.05, 0) is 52.0 Å². The van der Waals surface area contributed by atoms with Crippen molar-refractivity contribution in [2.75, 3.05) is 19.7 Å². The van der Waals surface area contributed by atoms with Gasteiger partial charge < -0.3 is 30.7 Å². The second-order valence-electron chi connectivity index (χ2n) is 9.52. The molecule has 1 heterocycles. The summed E-state index contributed by atoms with van der Waals surface area (Å²) in [4.78, 5) is 50.0. The second-order valence-corrected chi connectivity index (χ2v) is 9.52. The largest absolute Gasteiger partial charge is 0.445 e. The van der Waals surface area contributed by atoms with Gasteiger partial charge in [-0.25, -0.2) is 9.59 Å². The predicted octanol–water partition coefficient (Wildman–Crippen LogP) is 2.58. The van der Waals surface area contributed by atoms with Crippen LogP contribution >= 0.6 is 0 Å². The van der Waals surface area contributed by atoms with Crippen molar-refractivity contribution in [1.29, 1.82) is 0 Å². The van der Waals surface area contributed by atoms with Crippen molar-refractivity contribution in [2.24, 2.45) is 0 Å². The van der Waals surface area contributed by atoms with E-state index in [1.807, 2.05) is 36.4 Å². The van der Waals surface area contributed by atoms with Crippen LogP contribution in [-0.4, -0.2) is 61.4 Å². The molecule has 0 saturated heterocycles. The van der Waals surface area contributed by atoms with Crippen LogP contribution in [0.15, 0.2) is 42.5 Å². The summed E-state index contributed by atoms with van der Waals surface area (Å²) < 4.78 is 10.3. The number of amides is 4. The molecule has 0 radical (unpaired) electrons. The molecule has 2 rings (SSSR count). The molecule has 1 aromatic carbocycles. The van der Waals surface area contributed by atoms with Crippen LogP contribution in [0.2, 0.25) is 0 Å². The lowest BCUT2D eigenvalue weighted by Crippen LogP contribution is -2.54. The molecule has 4 N–H and O–H groups in total. The van der Waals surface area contributed by atoms with E-state index < -0.39 is 35.8 Å². The molecule has 10 nitrogen and oxygen atoms in total. The summed E-state index contributed by atoms with van der Waals surface area (Å²) in [5.41, 5.74) is 0.312. The van der Waals surface area contributed by atoms with Crippen molar-refractivity contribution in [3.05, 3.63) is 48.0 Å². The van der Waals surface area contributed by atoms with Crippen molar-refractivity contribution in [2.45, 2.75) is 70.6 Å². The third-order valence-electron chi connectivity index (χ3n) is 5.20. The van der Waals surface area contributed by atoms with Gasteiger partial charge in [0.05, 0.1) is 0 Å². The Labute approximate surface area is 212 Å². The Hall–Kier alpha value is -3.56. The molecule has 0 aliphatic carbocycles. The van der Waals surface area contributed by atoms with Gasteiger partial charge in [-0.1, -0.05) is 42.5 Å². The number of carbonyl (C=O) groups is 4. The molecule has 0 bridgehead atoms. The van der Waals surface area contributed by atoms with Gasteiger partial charge in [-0.3, -0.25) is 9.59 Å². The summed E-state index contributed by atoms with van der Waals surface area (Å²) in [6.07, 6.45) is 4.56. The first-order chi connectivity index (χ1) is 17.1. The number of unbranched alkanes of at least 4 members (excludes halogenated alkanes) is 1. The van der Waals surface area contributed by atoms with E-state index in [2.05, 4.69) is 21.3 Å². The number of hydrogen-bond donors (Lipinski definition) is 4.